The number of para-hydroxylation sites is 1. The maximum atomic E-state index is 15.4. The van der Waals surface area contributed by atoms with Crippen molar-refractivity contribution in [2.45, 2.75) is 302 Å². The first-order valence-electron chi connectivity index (χ1n) is 51.2. The molecule has 2 unspecified atom stereocenters. The first-order chi connectivity index (χ1) is 68.5. The number of hydrogen-bond donors (Lipinski definition) is 10. The summed E-state index contributed by atoms with van der Waals surface area (Å²) in [5.41, 5.74) is 10.3. The molecule has 2 saturated heterocycles. The Morgan fingerprint density at radius 3 is 1.91 bits per heavy atom. The van der Waals surface area contributed by atoms with Crippen LogP contribution >= 0.6 is 0 Å². The summed E-state index contributed by atoms with van der Waals surface area (Å²) in [5.74, 6) is -3.14. The molecule has 4 aromatic rings. The normalized spacial score (nSPS) is 19.9. The van der Waals surface area contributed by atoms with Crippen LogP contribution in [0.1, 0.15) is 256 Å². The highest BCUT2D eigenvalue weighted by molar-refractivity contribution is 5.98. The molecule has 9 amide bonds. The van der Waals surface area contributed by atoms with Crippen molar-refractivity contribution in [2.75, 3.05) is 119 Å². The fourth-order valence-electron chi connectivity index (χ4n) is 19.6. The molecule has 8 rings (SSSR count). The zero-order valence-electron chi connectivity index (χ0n) is 86.3. The van der Waals surface area contributed by atoms with Crippen LogP contribution < -0.4 is 31.9 Å². The van der Waals surface area contributed by atoms with Gasteiger partial charge < -0.3 is 110 Å². The predicted molar refractivity (Wildman–Crippen MR) is 532 cm³/mol. The van der Waals surface area contributed by atoms with Crippen LogP contribution in [0.2, 0.25) is 0 Å². The SMILES string of the molecule is CC[C@H](C)[C@@H]([C@@H](CC(=O)N1CCC[C@H]1[C@H](OC)[C@@H](C)C(=O)N[C@H](C)[C@@H](O)c1ccccc1)OC)N(C)C(=O)[C@@H](CC(=O)[C@H](C(C)C)N(C)C(=O)[C@H](CCCNC(N)=O)CC(=O)[C@@H](NC(=O)[C@@H](CCCCNC(=O)COC1CCCCCc2c1nnn2C1O[C@H](CO)[C@H](O)[C@H](O)[C@H]1O)CC(=O)CCOCCOCCOCCOCCCC(=O)CCC(=O)N1Cc2ccccc2C#Cc2ccccc21)C(C)C)C(C)C. The fourth-order valence-corrected chi connectivity index (χ4v) is 19.6. The summed E-state index contributed by atoms with van der Waals surface area (Å²) >= 11 is 0. The minimum atomic E-state index is -1.65. The number of carbonyl (C=O) groups excluding carboxylic acids is 12. The van der Waals surface area contributed by atoms with Gasteiger partial charge in [0.25, 0.3) is 0 Å². The van der Waals surface area contributed by atoms with Crippen molar-refractivity contribution < 1.29 is 121 Å². The number of likely N-dealkylation sites (tertiary alicyclic amines) is 1. The van der Waals surface area contributed by atoms with Gasteiger partial charge in [-0.15, -0.1) is 5.10 Å². The van der Waals surface area contributed by atoms with E-state index in [4.69, 9.17) is 43.6 Å². The molecule has 4 aliphatic rings. The largest absolute Gasteiger partial charge is 0.394 e. The molecule has 143 heavy (non-hydrogen) atoms. The number of carbonyl (C=O) groups is 12. The van der Waals surface area contributed by atoms with Gasteiger partial charge in [0, 0.05) is 128 Å². The molecule has 4 heterocycles. The average Bonchev–Trinajstić information content (AvgIpc) is 1.65. The lowest BCUT2D eigenvalue weighted by molar-refractivity contribution is -0.254. The summed E-state index contributed by atoms with van der Waals surface area (Å²) < 4.78 is 48.4. The molecule has 11 N–H and O–H groups in total. The van der Waals surface area contributed by atoms with E-state index in [0.717, 1.165) is 36.0 Å². The lowest BCUT2D eigenvalue weighted by atomic mass is 9.83. The van der Waals surface area contributed by atoms with E-state index in [-0.39, 0.29) is 165 Å². The summed E-state index contributed by atoms with van der Waals surface area (Å²) in [7, 11) is 6.13. The van der Waals surface area contributed by atoms with Gasteiger partial charge >= 0.3 is 6.03 Å². The van der Waals surface area contributed by atoms with Crippen LogP contribution in [0.15, 0.2) is 78.9 Å². The Hall–Kier alpha value is -9.92. The second-order valence-corrected chi connectivity index (χ2v) is 39.4. The number of rotatable bonds is 63. The second-order valence-electron chi connectivity index (χ2n) is 39.4. The molecular weight excluding hydrogens is 1840 g/mol. The van der Waals surface area contributed by atoms with Crippen molar-refractivity contribution in [1.29, 1.82) is 0 Å². The number of aliphatic hydroxyl groups is 5. The number of fused-ring (bicyclic) bond motifs is 3. The second kappa shape index (κ2) is 60.9. The number of ketones is 4. The van der Waals surface area contributed by atoms with Crippen molar-refractivity contribution >= 4 is 76.2 Å². The predicted octanol–water partition coefficient (Wildman–Crippen LogP) is 7.86. The number of primary amides is 1. The number of amides is 9. The van der Waals surface area contributed by atoms with Gasteiger partial charge in [0.2, 0.25) is 41.4 Å². The maximum absolute atomic E-state index is 15.4. The molecule has 0 saturated carbocycles. The Bertz CT molecular complexity index is 4780. The molecule has 1 aromatic heterocycles. The van der Waals surface area contributed by atoms with Gasteiger partial charge in [0.05, 0.1) is 132 Å². The number of ether oxygens (including phenoxy) is 8. The lowest BCUT2D eigenvalue weighted by Crippen LogP contribution is -2.56. The number of hydrogen-bond acceptors (Lipinski definition) is 27. The third-order valence-electron chi connectivity index (χ3n) is 28.0. The number of unbranched alkanes of at least 4 members (excludes halogenated alkanes) is 1. The first-order valence-corrected chi connectivity index (χ1v) is 51.2. The monoisotopic (exact) mass is 2000 g/mol. The minimum absolute atomic E-state index is 0.00392. The van der Waals surface area contributed by atoms with Crippen LogP contribution in [0.25, 0.3) is 0 Å². The molecule has 3 aromatic carbocycles. The molecule has 794 valence electrons. The third kappa shape index (κ3) is 35.5. The van der Waals surface area contributed by atoms with Crippen molar-refractivity contribution in [1.82, 2.24) is 51.0 Å². The molecule has 0 radical (unpaired) electrons. The number of aromatic nitrogens is 3. The Labute approximate surface area is 842 Å². The van der Waals surface area contributed by atoms with E-state index in [2.05, 4.69) is 43.4 Å². The molecule has 37 nitrogen and oxygen atoms in total. The number of nitrogens with zero attached hydrogens (tertiary/aromatic N) is 7. The number of aliphatic hydroxyl groups excluding tert-OH is 5. The van der Waals surface area contributed by atoms with Gasteiger partial charge in [-0.05, 0) is 124 Å². The van der Waals surface area contributed by atoms with Gasteiger partial charge in [0.1, 0.15) is 54.4 Å². The van der Waals surface area contributed by atoms with Crippen LogP contribution in [0.3, 0.4) is 0 Å². The number of urea groups is 1. The van der Waals surface area contributed by atoms with Gasteiger partial charge in [-0.25, -0.2) is 9.48 Å². The van der Waals surface area contributed by atoms with Crippen molar-refractivity contribution in [3.63, 3.8) is 0 Å². The van der Waals surface area contributed by atoms with E-state index in [9.17, 15) is 63.9 Å². The highest BCUT2D eigenvalue weighted by atomic mass is 16.6. The number of benzene rings is 3. The third-order valence-corrected chi connectivity index (χ3v) is 28.0. The van der Waals surface area contributed by atoms with E-state index < -0.39 is 175 Å². The Kier molecular flexibility index (Phi) is 50.4. The highest BCUT2D eigenvalue weighted by Crippen LogP contribution is 2.38. The summed E-state index contributed by atoms with van der Waals surface area (Å²) in [6.07, 6.45) is -4.82. The number of nitrogens with one attached hydrogen (secondary N) is 4. The number of nitrogens with two attached hydrogens (primary N) is 1. The first kappa shape index (κ1) is 118. The zero-order valence-corrected chi connectivity index (χ0v) is 86.3. The average molecular weight is 2000 g/mol. The van der Waals surface area contributed by atoms with Crippen LogP contribution in [0, 0.1) is 59.2 Å². The van der Waals surface area contributed by atoms with Gasteiger partial charge in [0.15, 0.2) is 17.8 Å². The van der Waals surface area contributed by atoms with E-state index >= 15 is 19.2 Å². The quantitative estimate of drug-likeness (QED) is 0.0148. The fraction of sp³-hybridized carbons (Fsp3) is 0.679. The number of methoxy groups -OCH3 is 2. The van der Waals surface area contributed by atoms with Gasteiger partial charge in [-0.1, -0.05) is 166 Å². The summed E-state index contributed by atoms with van der Waals surface area (Å²) in [6.45, 7) is 19.7. The Morgan fingerprint density at radius 1 is 0.601 bits per heavy atom. The Morgan fingerprint density at radius 2 is 1.25 bits per heavy atom. The molecule has 19 atom stereocenters. The summed E-state index contributed by atoms with van der Waals surface area (Å²) in [5, 5.41) is 73.0. The summed E-state index contributed by atoms with van der Waals surface area (Å²) in [6, 6.07) is 19.3. The molecular formula is C106H160N12O25. The van der Waals surface area contributed by atoms with E-state index in [1.165, 1.54) is 30.8 Å². The van der Waals surface area contributed by atoms with Crippen molar-refractivity contribution in [3.8, 4) is 11.8 Å². The van der Waals surface area contributed by atoms with Crippen LogP contribution in [-0.2, 0) is 104 Å². The van der Waals surface area contributed by atoms with E-state index in [0.29, 0.717) is 100 Å². The molecule has 37 heteroatoms. The van der Waals surface area contributed by atoms with Gasteiger partial charge in [-0.2, -0.15) is 0 Å². The van der Waals surface area contributed by atoms with E-state index in [1.807, 2.05) is 94.4 Å². The molecule has 1 aliphatic carbocycles. The molecule has 2 fully saturated rings. The minimum Gasteiger partial charge on any atom is -0.394 e. The zero-order chi connectivity index (χ0) is 105. The molecule has 0 bridgehead atoms. The lowest BCUT2D eigenvalue weighted by Gasteiger charge is -2.41. The topological polar surface area (TPSA) is 498 Å². The van der Waals surface area contributed by atoms with Crippen LogP contribution in [0.4, 0.5) is 10.5 Å². The van der Waals surface area contributed by atoms with Crippen molar-refractivity contribution in [3.05, 3.63) is 113 Å². The smallest absolute Gasteiger partial charge is 0.312 e. The highest BCUT2D eigenvalue weighted by Gasteiger charge is 2.48. The maximum Gasteiger partial charge on any atom is 0.312 e. The van der Waals surface area contributed by atoms with Gasteiger partial charge in [-0.3, -0.25) is 52.7 Å². The van der Waals surface area contributed by atoms with Crippen molar-refractivity contribution in [2.24, 2.45) is 53.1 Å². The number of anilines is 1. The van der Waals surface area contributed by atoms with Crippen LogP contribution in [-0.4, -0.2) is 307 Å². The Balaban J connectivity index is 0.860. The molecule has 0 spiro atoms. The van der Waals surface area contributed by atoms with Crippen LogP contribution in [0.5, 0.6) is 0 Å². The number of likely N-dealkylation sites (N-methyl/N-ethyl adjacent to an activating group) is 2. The number of Topliss-reactive ketones (excluding diaryl/α,β-unsaturated/α-hetero) is 4. The standard InChI is InChI=1S/C106H160N12O25/c1-15-69(8)95(87(136-13)62-91(126)116-50-29-41-83(116)100(137-14)70(9)101(131)110-71(10)96(127)74-33-18-16-19-34-74)115(12)104(134)80(66(2)3)61-85(123)94(68(6)7)114(11)103(133)76(37-28-49-109-106(107)135)60-84(122)92(67(4)5)111-102(132)75(35-26-27-48-108-89(124)65-142-86-42-21-17-20-40-82-93(86)112-113-118(82)105-99(130)98(129)97(128)88(64-119)143-105)59-79(121)47-52-139-54-56-141-58-57-140-55-53-138-51-30-38-78(120)45-46-90(125)117-63-77-36-23-22-31-72(77)43-44-73-32-24-25-39-81(73)117/h16,18-19,22-25,31-34,36,39,66-71,75-76,80,83,86-88,92,94-100,105,119,127-130H,15,17,20-21,26-30,35,37-38,40-42,45-65H2,1-14H3,(H,108,124)(H,110,131)(H,111,132)(H3,107,109,135)/t69-,70+,71+,75-,76+,80-,83-,86?,87+,88+,92-,94-,95-,96+,97-,98-,99+,100+,105?/m0/s1. The summed E-state index contributed by atoms with van der Waals surface area (Å²) in [4.78, 5) is 177. The van der Waals surface area contributed by atoms with E-state index in [1.54, 1.807) is 75.4 Å². The molecule has 3 aliphatic heterocycles.